The van der Waals surface area contributed by atoms with E-state index in [0.717, 1.165) is 44.9 Å². The zero-order chi connectivity index (χ0) is 21.1. The van der Waals surface area contributed by atoms with Crippen LogP contribution < -0.4 is 0 Å². The lowest BCUT2D eigenvalue weighted by molar-refractivity contribution is -0.207. The van der Waals surface area contributed by atoms with Gasteiger partial charge in [-0.25, -0.2) is 0 Å². The number of hydrogen-bond acceptors (Lipinski definition) is 4. The third-order valence-electron chi connectivity index (χ3n) is 10.3. The normalized spacial score (nSPS) is 52.9. The standard InChI is InChI=1S/C24H40O5/c1-13(4-7-21(28)29)16-5-6-17-22-18(12-20(27)24(16,17)3)23(2)9-8-15(25)10-14(23)11-19(22)26/h13-20,22,25-27H,4-12H2,1-3H3,(H,28,29)/t13-,14-,15+,16+,17-,18+,19-,20+,22-,23-,24-/m1/s1. The minimum absolute atomic E-state index is 0.0957. The van der Waals surface area contributed by atoms with Gasteiger partial charge in [0.15, 0.2) is 0 Å². The Morgan fingerprint density at radius 1 is 1.03 bits per heavy atom. The average molecular weight is 409 g/mol. The van der Waals surface area contributed by atoms with Crippen molar-refractivity contribution in [3.63, 3.8) is 0 Å². The monoisotopic (exact) mass is 408 g/mol. The maximum atomic E-state index is 11.5. The van der Waals surface area contributed by atoms with Gasteiger partial charge in [0.2, 0.25) is 0 Å². The van der Waals surface area contributed by atoms with Crippen LogP contribution in [0.3, 0.4) is 0 Å². The molecule has 0 saturated heterocycles. The summed E-state index contributed by atoms with van der Waals surface area (Å²) >= 11 is 0. The molecule has 5 heteroatoms. The minimum atomic E-state index is -0.748. The van der Waals surface area contributed by atoms with E-state index in [2.05, 4.69) is 20.8 Å². The van der Waals surface area contributed by atoms with Crippen molar-refractivity contribution < 1.29 is 25.2 Å². The van der Waals surface area contributed by atoms with Gasteiger partial charge < -0.3 is 20.4 Å². The fraction of sp³-hybridized carbons (Fsp3) is 0.958. The van der Waals surface area contributed by atoms with Gasteiger partial charge in [-0.1, -0.05) is 20.8 Å². The summed E-state index contributed by atoms with van der Waals surface area (Å²) in [5.41, 5.74) is -0.143. The summed E-state index contributed by atoms with van der Waals surface area (Å²) in [6.45, 7) is 6.72. The Kier molecular flexibility index (Phi) is 5.57. The Bertz CT molecular complexity index is 637. The Morgan fingerprint density at radius 2 is 1.76 bits per heavy atom. The lowest BCUT2D eigenvalue weighted by Crippen LogP contribution is -2.62. The van der Waals surface area contributed by atoms with Crippen LogP contribution in [0, 0.1) is 46.3 Å². The van der Waals surface area contributed by atoms with Crippen molar-refractivity contribution in [3.05, 3.63) is 0 Å². The van der Waals surface area contributed by atoms with Crippen molar-refractivity contribution in [1.29, 1.82) is 0 Å². The molecule has 0 aromatic heterocycles. The van der Waals surface area contributed by atoms with Crippen LogP contribution in [0.1, 0.15) is 78.6 Å². The summed E-state index contributed by atoms with van der Waals surface area (Å²) in [5, 5.41) is 42.0. The van der Waals surface area contributed by atoms with E-state index in [1.807, 2.05) is 0 Å². The molecule has 29 heavy (non-hydrogen) atoms. The first-order valence-corrected chi connectivity index (χ1v) is 11.8. The van der Waals surface area contributed by atoms with Crippen molar-refractivity contribution in [2.45, 2.75) is 96.9 Å². The first-order valence-electron chi connectivity index (χ1n) is 11.8. The van der Waals surface area contributed by atoms with E-state index >= 15 is 0 Å². The van der Waals surface area contributed by atoms with E-state index in [1.165, 1.54) is 0 Å². The number of aliphatic hydroxyl groups excluding tert-OH is 3. The van der Waals surface area contributed by atoms with Gasteiger partial charge in [0.1, 0.15) is 0 Å². The number of carboxylic acid groups (broad SMARTS) is 1. The van der Waals surface area contributed by atoms with Gasteiger partial charge in [-0.3, -0.25) is 4.79 Å². The van der Waals surface area contributed by atoms with Gasteiger partial charge in [0, 0.05) is 6.42 Å². The van der Waals surface area contributed by atoms with E-state index in [4.69, 9.17) is 5.11 Å². The van der Waals surface area contributed by atoms with Crippen molar-refractivity contribution in [2.75, 3.05) is 0 Å². The van der Waals surface area contributed by atoms with Gasteiger partial charge in [-0.2, -0.15) is 0 Å². The highest BCUT2D eigenvalue weighted by Gasteiger charge is 2.65. The Balaban J connectivity index is 1.61. The van der Waals surface area contributed by atoms with Crippen molar-refractivity contribution in [2.24, 2.45) is 46.3 Å². The van der Waals surface area contributed by atoms with E-state index in [1.54, 1.807) is 0 Å². The number of carboxylic acids is 1. The summed E-state index contributed by atoms with van der Waals surface area (Å²) in [6, 6.07) is 0. The second kappa shape index (κ2) is 7.49. The third-order valence-corrected chi connectivity index (χ3v) is 10.3. The topological polar surface area (TPSA) is 98.0 Å². The number of hydrogen-bond donors (Lipinski definition) is 4. The van der Waals surface area contributed by atoms with E-state index in [9.17, 15) is 20.1 Å². The maximum absolute atomic E-state index is 11.5. The highest BCUT2D eigenvalue weighted by molar-refractivity contribution is 5.66. The summed E-state index contributed by atoms with van der Waals surface area (Å²) < 4.78 is 0. The molecule has 0 radical (unpaired) electrons. The first-order chi connectivity index (χ1) is 13.6. The lowest BCUT2D eigenvalue weighted by atomic mass is 9.43. The molecule has 4 fully saturated rings. The van der Waals surface area contributed by atoms with Crippen molar-refractivity contribution in [3.8, 4) is 0 Å². The van der Waals surface area contributed by atoms with E-state index in [-0.39, 0.29) is 41.3 Å². The van der Waals surface area contributed by atoms with Crippen LogP contribution in [0.15, 0.2) is 0 Å². The Morgan fingerprint density at radius 3 is 2.45 bits per heavy atom. The highest BCUT2D eigenvalue weighted by atomic mass is 16.4. The first kappa shape index (κ1) is 21.6. The van der Waals surface area contributed by atoms with Gasteiger partial charge in [-0.15, -0.1) is 0 Å². The fourth-order valence-electron chi connectivity index (χ4n) is 8.68. The molecule has 5 nitrogen and oxygen atoms in total. The highest BCUT2D eigenvalue weighted by Crippen LogP contribution is 2.68. The smallest absolute Gasteiger partial charge is 0.303 e. The molecule has 4 aliphatic rings. The zero-order valence-corrected chi connectivity index (χ0v) is 18.3. The summed E-state index contributed by atoms with van der Waals surface area (Å²) in [4.78, 5) is 11.1. The van der Waals surface area contributed by atoms with Gasteiger partial charge in [-0.05, 0) is 97.7 Å². The van der Waals surface area contributed by atoms with Crippen LogP contribution in [-0.2, 0) is 4.79 Å². The molecule has 11 atom stereocenters. The quantitative estimate of drug-likeness (QED) is 0.571. The predicted molar refractivity (Wildman–Crippen MR) is 110 cm³/mol. The molecule has 0 spiro atoms. The molecule has 166 valence electrons. The molecule has 0 bridgehead atoms. The van der Waals surface area contributed by atoms with Gasteiger partial charge >= 0.3 is 5.97 Å². The minimum Gasteiger partial charge on any atom is -0.481 e. The average Bonchev–Trinajstić information content (AvgIpc) is 3.01. The zero-order valence-electron chi connectivity index (χ0n) is 18.3. The number of aliphatic carboxylic acids is 1. The van der Waals surface area contributed by atoms with E-state index < -0.39 is 12.1 Å². The number of rotatable bonds is 4. The second-order valence-corrected chi connectivity index (χ2v) is 11.4. The molecule has 0 aliphatic heterocycles. The van der Waals surface area contributed by atoms with E-state index in [0.29, 0.717) is 30.1 Å². The van der Waals surface area contributed by atoms with Crippen LogP contribution in [0.2, 0.25) is 0 Å². The number of carbonyl (C=O) groups is 1. The molecule has 0 amide bonds. The lowest BCUT2D eigenvalue weighted by Gasteiger charge is -2.63. The fourth-order valence-corrected chi connectivity index (χ4v) is 8.68. The summed E-state index contributed by atoms with van der Waals surface area (Å²) in [6.07, 6.45) is 6.00. The van der Waals surface area contributed by atoms with Gasteiger partial charge in [0.25, 0.3) is 0 Å². The van der Waals surface area contributed by atoms with Crippen LogP contribution >= 0.6 is 0 Å². The van der Waals surface area contributed by atoms with Gasteiger partial charge in [0.05, 0.1) is 18.3 Å². The molecule has 0 aromatic rings. The molecule has 4 aliphatic carbocycles. The van der Waals surface area contributed by atoms with Crippen molar-refractivity contribution >= 4 is 5.97 Å². The molecular weight excluding hydrogens is 368 g/mol. The van der Waals surface area contributed by atoms with Crippen LogP contribution in [0.4, 0.5) is 0 Å². The molecule has 4 rings (SSSR count). The molecule has 4 N–H and O–H groups in total. The molecular formula is C24H40O5. The van der Waals surface area contributed by atoms with Crippen LogP contribution in [-0.4, -0.2) is 44.7 Å². The Hall–Kier alpha value is -0.650. The largest absolute Gasteiger partial charge is 0.481 e. The number of fused-ring (bicyclic) bond motifs is 5. The molecule has 0 heterocycles. The molecule has 4 saturated carbocycles. The predicted octanol–water partition coefficient (Wildman–Crippen LogP) is 3.45. The van der Waals surface area contributed by atoms with Crippen LogP contribution in [0.5, 0.6) is 0 Å². The number of aliphatic hydroxyl groups is 3. The summed E-state index contributed by atoms with van der Waals surface area (Å²) in [7, 11) is 0. The maximum Gasteiger partial charge on any atom is 0.303 e. The third kappa shape index (κ3) is 3.27. The molecule has 0 unspecified atom stereocenters. The summed E-state index contributed by atoms with van der Waals surface area (Å²) in [5.74, 6) is 0.997. The second-order valence-electron chi connectivity index (χ2n) is 11.4. The Labute approximate surface area is 174 Å². The SMILES string of the molecule is C[C@H](CCC(=O)O)[C@@H]1CC[C@@H]2[C@H]3[C@H](O)C[C@H]4C[C@@H](O)CC[C@@]4(C)[C@H]3C[C@H](O)[C@@]21C. The van der Waals surface area contributed by atoms with Crippen LogP contribution in [0.25, 0.3) is 0 Å². The van der Waals surface area contributed by atoms with Crippen molar-refractivity contribution in [1.82, 2.24) is 0 Å². The molecule has 0 aromatic carbocycles.